The molecule has 1 N–H and O–H groups in total. The third-order valence-corrected chi connectivity index (χ3v) is 4.76. The number of aromatic amines is 1. The highest BCUT2D eigenvalue weighted by Gasteiger charge is 2.39. The van der Waals surface area contributed by atoms with Gasteiger partial charge in [0, 0.05) is 5.69 Å². The maximum absolute atomic E-state index is 5.41. The van der Waals surface area contributed by atoms with Gasteiger partial charge in [0.1, 0.15) is 10.5 Å². The van der Waals surface area contributed by atoms with Crippen molar-refractivity contribution in [3.63, 3.8) is 0 Å². The Hall–Kier alpha value is -1.48. The molecule has 3 heteroatoms. The fourth-order valence-electron chi connectivity index (χ4n) is 3.54. The predicted molar refractivity (Wildman–Crippen MR) is 89.1 cm³/mol. The zero-order chi connectivity index (χ0) is 14.7. The first-order chi connectivity index (χ1) is 10.2. The van der Waals surface area contributed by atoms with E-state index in [0.717, 1.165) is 36.1 Å². The predicted octanol–water partition coefficient (Wildman–Crippen LogP) is 4.95. The highest BCUT2D eigenvalue weighted by atomic mass is 32.1. The van der Waals surface area contributed by atoms with Gasteiger partial charge < -0.3 is 4.98 Å². The molecule has 0 unspecified atom stereocenters. The van der Waals surface area contributed by atoms with Crippen LogP contribution in [0.1, 0.15) is 56.1 Å². The molecule has 0 aliphatic heterocycles. The number of hydrogen-bond acceptors (Lipinski definition) is 2. The second-order valence-electron chi connectivity index (χ2n) is 6.00. The third kappa shape index (κ3) is 2.80. The molecule has 1 aliphatic rings. The minimum atomic E-state index is 0.0264. The molecule has 0 bridgehead atoms. The summed E-state index contributed by atoms with van der Waals surface area (Å²) in [6.45, 7) is 2.19. The van der Waals surface area contributed by atoms with Crippen LogP contribution in [0.15, 0.2) is 36.4 Å². The van der Waals surface area contributed by atoms with Crippen molar-refractivity contribution in [1.82, 2.24) is 9.97 Å². The summed E-state index contributed by atoms with van der Waals surface area (Å²) in [5.41, 5.74) is 2.61. The summed E-state index contributed by atoms with van der Waals surface area (Å²) < 4.78 is 0.717. The first-order valence-corrected chi connectivity index (χ1v) is 8.32. The fourth-order valence-corrected chi connectivity index (χ4v) is 3.77. The molecule has 21 heavy (non-hydrogen) atoms. The van der Waals surface area contributed by atoms with Crippen LogP contribution in [0.5, 0.6) is 0 Å². The lowest BCUT2D eigenvalue weighted by molar-refractivity contribution is 0.495. The number of hydrogen-bond donors (Lipinski definition) is 1. The molecular formula is C18H22N2S. The molecule has 110 valence electrons. The van der Waals surface area contributed by atoms with Crippen LogP contribution in [-0.4, -0.2) is 9.97 Å². The Morgan fingerprint density at radius 3 is 2.57 bits per heavy atom. The van der Waals surface area contributed by atoms with Gasteiger partial charge in [-0.2, -0.15) is 0 Å². The summed E-state index contributed by atoms with van der Waals surface area (Å²) in [6.07, 6.45) is 6.98. The number of nitrogens with zero attached hydrogens (tertiary/aromatic N) is 1. The number of rotatable bonds is 4. The number of aryl methyl sites for hydroxylation is 1. The lowest BCUT2D eigenvalue weighted by atomic mass is 9.78. The van der Waals surface area contributed by atoms with E-state index in [2.05, 4.69) is 42.2 Å². The normalized spacial score (nSPS) is 17.0. The van der Waals surface area contributed by atoms with Crippen LogP contribution in [0.2, 0.25) is 0 Å². The standard InChI is InChI=1S/C18H22N2S/c1-2-8-15-13-16(21)20-17(19-15)18(11-6-7-12-18)14-9-4-3-5-10-14/h3-5,9-10,13H,2,6-8,11-12H2,1H3,(H,19,20,21). The molecule has 0 radical (unpaired) electrons. The Morgan fingerprint density at radius 1 is 1.19 bits per heavy atom. The monoisotopic (exact) mass is 298 g/mol. The van der Waals surface area contributed by atoms with Crippen LogP contribution in [0.4, 0.5) is 0 Å². The topological polar surface area (TPSA) is 28.7 Å². The van der Waals surface area contributed by atoms with E-state index in [0.29, 0.717) is 0 Å². The highest BCUT2D eigenvalue weighted by molar-refractivity contribution is 7.71. The van der Waals surface area contributed by atoms with E-state index in [1.165, 1.54) is 24.1 Å². The number of benzene rings is 1. The van der Waals surface area contributed by atoms with Gasteiger partial charge >= 0.3 is 0 Å². The molecule has 0 atom stereocenters. The van der Waals surface area contributed by atoms with Crippen molar-refractivity contribution in [3.05, 3.63) is 58.1 Å². The van der Waals surface area contributed by atoms with E-state index >= 15 is 0 Å². The van der Waals surface area contributed by atoms with E-state index in [1.807, 2.05) is 6.07 Å². The van der Waals surface area contributed by atoms with E-state index < -0.39 is 0 Å². The van der Waals surface area contributed by atoms with Crippen molar-refractivity contribution < 1.29 is 0 Å². The van der Waals surface area contributed by atoms with Gasteiger partial charge in [0.2, 0.25) is 0 Å². The van der Waals surface area contributed by atoms with Crippen molar-refractivity contribution >= 4 is 12.2 Å². The lowest BCUT2D eigenvalue weighted by Gasteiger charge is -2.29. The maximum atomic E-state index is 5.41. The quantitative estimate of drug-likeness (QED) is 0.809. The smallest absolute Gasteiger partial charge is 0.130 e. The molecule has 1 aliphatic carbocycles. The van der Waals surface area contributed by atoms with Gasteiger partial charge in [-0.15, -0.1) is 0 Å². The fraction of sp³-hybridized carbons (Fsp3) is 0.444. The van der Waals surface area contributed by atoms with Gasteiger partial charge in [0.25, 0.3) is 0 Å². The molecule has 3 rings (SSSR count). The van der Waals surface area contributed by atoms with E-state index in [1.54, 1.807) is 0 Å². The number of H-pyrrole nitrogens is 1. The van der Waals surface area contributed by atoms with Crippen molar-refractivity contribution in [2.24, 2.45) is 0 Å². The molecule has 1 fully saturated rings. The summed E-state index contributed by atoms with van der Waals surface area (Å²) in [7, 11) is 0. The average Bonchev–Trinajstić information content (AvgIpc) is 2.99. The van der Waals surface area contributed by atoms with E-state index in [9.17, 15) is 0 Å². The van der Waals surface area contributed by atoms with Gasteiger partial charge in [-0.3, -0.25) is 0 Å². The first-order valence-electron chi connectivity index (χ1n) is 7.91. The van der Waals surface area contributed by atoms with Crippen molar-refractivity contribution in [1.29, 1.82) is 0 Å². The summed E-state index contributed by atoms with van der Waals surface area (Å²) >= 11 is 5.41. The van der Waals surface area contributed by atoms with Gasteiger partial charge in [-0.05, 0) is 30.9 Å². The van der Waals surface area contributed by atoms with Crippen molar-refractivity contribution in [2.75, 3.05) is 0 Å². The Balaban J connectivity index is 2.12. The number of aromatic nitrogens is 2. The van der Waals surface area contributed by atoms with Crippen LogP contribution in [-0.2, 0) is 11.8 Å². The lowest BCUT2D eigenvalue weighted by Crippen LogP contribution is -2.27. The summed E-state index contributed by atoms with van der Waals surface area (Å²) in [4.78, 5) is 8.30. The summed E-state index contributed by atoms with van der Waals surface area (Å²) in [6, 6.07) is 12.8. The molecular weight excluding hydrogens is 276 g/mol. The highest BCUT2D eigenvalue weighted by Crippen LogP contribution is 2.44. The summed E-state index contributed by atoms with van der Waals surface area (Å²) in [5.74, 6) is 1.07. The third-order valence-electron chi connectivity index (χ3n) is 4.55. The Kier molecular flexibility index (Phi) is 4.20. The SMILES string of the molecule is CCCc1cc(=S)nc(C2(c3ccccc3)CCCC2)[nH]1. The maximum Gasteiger partial charge on any atom is 0.130 e. The molecule has 1 saturated carbocycles. The average molecular weight is 298 g/mol. The zero-order valence-corrected chi connectivity index (χ0v) is 13.4. The molecule has 2 nitrogen and oxygen atoms in total. The van der Waals surface area contributed by atoms with Gasteiger partial charge in [-0.25, -0.2) is 4.98 Å². The van der Waals surface area contributed by atoms with E-state index in [-0.39, 0.29) is 5.41 Å². The Morgan fingerprint density at radius 2 is 1.90 bits per heavy atom. The Labute approximate surface area is 131 Å². The van der Waals surface area contributed by atoms with Gasteiger partial charge in [0.05, 0.1) is 5.41 Å². The largest absolute Gasteiger partial charge is 0.346 e. The van der Waals surface area contributed by atoms with Crippen LogP contribution >= 0.6 is 12.2 Å². The summed E-state index contributed by atoms with van der Waals surface area (Å²) in [5, 5.41) is 0. The van der Waals surface area contributed by atoms with Crippen LogP contribution in [0, 0.1) is 4.64 Å². The second kappa shape index (κ2) is 6.10. The van der Waals surface area contributed by atoms with Gasteiger partial charge in [-0.1, -0.05) is 68.7 Å². The van der Waals surface area contributed by atoms with Crippen molar-refractivity contribution in [3.8, 4) is 0 Å². The molecule has 0 spiro atoms. The minimum absolute atomic E-state index is 0.0264. The number of nitrogens with one attached hydrogen (secondary N) is 1. The van der Waals surface area contributed by atoms with E-state index in [4.69, 9.17) is 17.2 Å². The van der Waals surface area contributed by atoms with Crippen LogP contribution in [0.3, 0.4) is 0 Å². The molecule has 1 aromatic carbocycles. The molecule has 1 heterocycles. The second-order valence-corrected chi connectivity index (χ2v) is 6.42. The Bertz CT molecular complexity index is 654. The van der Waals surface area contributed by atoms with Gasteiger partial charge in [0.15, 0.2) is 0 Å². The molecule has 0 amide bonds. The first kappa shape index (κ1) is 14.5. The zero-order valence-electron chi connectivity index (χ0n) is 12.6. The van der Waals surface area contributed by atoms with Crippen LogP contribution in [0.25, 0.3) is 0 Å². The molecule has 0 saturated heterocycles. The van der Waals surface area contributed by atoms with Crippen LogP contribution < -0.4 is 0 Å². The molecule has 1 aromatic heterocycles. The minimum Gasteiger partial charge on any atom is -0.346 e. The molecule has 2 aromatic rings. The van der Waals surface area contributed by atoms with Crippen molar-refractivity contribution in [2.45, 2.75) is 50.9 Å².